The van der Waals surface area contributed by atoms with E-state index in [1.54, 1.807) is 24.3 Å². The number of carboxylic acid groups (broad SMARTS) is 1. The van der Waals surface area contributed by atoms with Gasteiger partial charge in [-0.15, -0.1) is 0 Å². The highest BCUT2D eigenvalue weighted by molar-refractivity contribution is 5.85. The second-order valence-electron chi connectivity index (χ2n) is 3.95. The number of nitro groups is 1. The summed E-state index contributed by atoms with van der Waals surface area (Å²) in [7, 11) is 0. The average molecular weight is 286 g/mol. The molecule has 2 rings (SSSR count). The number of nitrogens with zero attached hydrogens (tertiary/aromatic N) is 2. The monoisotopic (exact) mass is 286 g/mol. The summed E-state index contributed by atoms with van der Waals surface area (Å²) >= 11 is 0. The van der Waals surface area contributed by atoms with Crippen molar-refractivity contribution in [2.24, 2.45) is 0 Å². The van der Waals surface area contributed by atoms with E-state index in [0.29, 0.717) is 11.3 Å². The first kappa shape index (κ1) is 14.2. The Balaban J connectivity index is 2.06. The van der Waals surface area contributed by atoms with E-state index >= 15 is 0 Å². The Hall–Kier alpha value is -3.22. The van der Waals surface area contributed by atoms with Crippen molar-refractivity contribution in [3.63, 3.8) is 0 Å². The lowest BCUT2D eigenvalue weighted by atomic mass is 10.2. The molecular weight excluding hydrogens is 276 g/mol. The molecular formula is C14H10N2O5. The Morgan fingerprint density at radius 1 is 1.24 bits per heavy atom. The van der Waals surface area contributed by atoms with Gasteiger partial charge in [-0.05, 0) is 23.8 Å². The van der Waals surface area contributed by atoms with Crippen LogP contribution in [0.5, 0.6) is 11.6 Å². The number of ether oxygens (including phenoxy) is 1. The van der Waals surface area contributed by atoms with Crippen LogP contribution < -0.4 is 4.74 Å². The van der Waals surface area contributed by atoms with E-state index in [0.717, 1.165) is 12.3 Å². The maximum Gasteiger partial charge on any atom is 0.328 e. The van der Waals surface area contributed by atoms with Crippen molar-refractivity contribution in [1.29, 1.82) is 0 Å². The van der Waals surface area contributed by atoms with Crippen LogP contribution in [0.15, 0.2) is 48.7 Å². The minimum absolute atomic E-state index is 0.114. The summed E-state index contributed by atoms with van der Waals surface area (Å²) in [5.41, 5.74) is 0.595. The van der Waals surface area contributed by atoms with Crippen molar-refractivity contribution in [3.8, 4) is 11.6 Å². The first-order valence-corrected chi connectivity index (χ1v) is 5.84. The molecule has 1 aromatic heterocycles. The third-order valence-corrected chi connectivity index (χ3v) is 2.45. The molecule has 0 aliphatic heterocycles. The molecule has 0 spiro atoms. The number of hydrogen-bond donors (Lipinski definition) is 1. The van der Waals surface area contributed by atoms with Crippen LogP contribution >= 0.6 is 0 Å². The third kappa shape index (κ3) is 4.13. The van der Waals surface area contributed by atoms with E-state index in [1.165, 1.54) is 18.2 Å². The molecule has 1 heterocycles. The average Bonchev–Trinajstić information content (AvgIpc) is 2.47. The van der Waals surface area contributed by atoms with E-state index < -0.39 is 10.9 Å². The minimum Gasteiger partial charge on any atom is -0.478 e. The van der Waals surface area contributed by atoms with Crippen molar-refractivity contribution < 1.29 is 19.6 Å². The topological polar surface area (TPSA) is 103 Å². The zero-order valence-electron chi connectivity index (χ0n) is 10.7. The summed E-state index contributed by atoms with van der Waals surface area (Å²) in [6.45, 7) is 0. The maximum absolute atomic E-state index is 10.5. The van der Waals surface area contributed by atoms with Crippen LogP contribution in [-0.4, -0.2) is 21.0 Å². The molecule has 0 aliphatic carbocycles. The van der Waals surface area contributed by atoms with Gasteiger partial charge in [0.05, 0.1) is 4.92 Å². The Bertz CT molecular complexity index is 678. The van der Waals surface area contributed by atoms with Gasteiger partial charge in [0.25, 0.3) is 5.69 Å². The lowest BCUT2D eigenvalue weighted by molar-refractivity contribution is -0.385. The van der Waals surface area contributed by atoms with Gasteiger partial charge in [-0.2, -0.15) is 0 Å². The van der Waals surface area contributed by atoms with E-state index in [1.807, 2.05) is 0 Å². The molecule has 0 fully saturated rings. The van der Waals surface area contributed by atoms with Crippen LogP contribution in [0.3, 0.4) is 0 Å². The number of carboxylic acids is 1. The van der Waals surface area contributed by atoms with Crippen molar-refractivity contribution in [3.05, 3.63) is 64.3 Å². The zero-order valence-corrected chi connectivity index (χ0v) is 10.7. The van der Waals surface area contributed by atoms with Crippen LogP contribution in [0.2, 0.25) is 0 Å². The second-order valence-corrected chi connectivity index (χ2v) is 3.95. The second kappa shape index (κ2) is 6.29. The fourth-order valence-electron chi connectivity index (χ4n) is 1.48. The first-order valence-electron chi connectivity index (χ1n) is 5.84. The number of aromatic nitrogens is 1. The molecule has 2 aromatic rings. The Morgan fingerprint density at radius 3 is 2.48 bits per heavy atom. The van der Waals surface area contributed by atoms with Crippen molar-refractivity contribution in [2.45, 2.75) is 0 Å². The molecule has 1 aromatic carbocycles. The van der Waals surface area contributed by atoms with Crippen LogP contribution in [-0.2, 0) is 4.79 Å². The summed E-state index contributed by atoms with van der Waals surface area (Å²) in [5.74, 6) is -0.302. The zero-order chi connectivity index (χ0) is 15.2. The van der Waals surface area contributed by atoms with Gasteiger partial charge in [0.2, 0.25) is 5.88 Å². The number of rotatable bonds is 5. The molecule has 0 aliphatic rings. The van der Waals surface area contributed by atoms with E-state index in [9.17, 15) is 14.9 Å². The number of hydrogen-bond acceptors (Lipinski definition) is 5. The van der Waals surface area contributed by atoms with Gasteiger partial charge in [0.1, 0.15) is 11.9 Å². The Morgan fingerprint density at radius 2 is 1.95 bits per heavy atom. The molecule has 1 N–H and O–H groups in total. The number of aliphatic carboxylic acids is 1. The van der Waals surface area contributed by atoms with Gasteiger partial charge in [-0.3, -0.25) is 10.1 Å². The highest BCUT2D eigenvalue weighted by Crippen LogP contribution is 2.21. The molecule has 7 heteroatoms. The standard InChI is InChI=1S/C14H10N2O5/c17-14(18)8-3-10-1-5-12(6-2-10)21-13-7-4-11(9-15-13)16(19)20/h1-9H,(H,17,18). The summed E-state index contributed by atoms with van der Waals surface area (Å²) < 4.78 is 5.42. The maximum atomic E-state index is 10.5. The number of carbonyl (C=O) groups is 1. The number of pyridine rings is 1. The van der Waals surface area contributed by atoms with E-state index in [2.05, 4.69) is 4.98 Å². The summed E-state index contributed by atoms with van der Waals surface area (Å²) in [6, 6.07) is 9.35. The molecule has 0 unspecified atom stereocenters. The van der Waals surface area contributed by atoms with Gasteiger partial charge in [-0.1, -0.05) is 12.1 Å². The van der Waals surface area contributed by atoms with Crippen LogP contribution in [0.1, 0.15) is 5.56 Å². The summed E-state index contributed by atoms with van der Waals surface area (Å²) in [6.07, 6.45) is 3.60. The van der Waals surface area contributed by atoms with Crippen LogP contribution in [0.25, 0.3) is 6.08 Å². The largest absolute Gasteiger partial charge is 0.478 e. The molecule has 0 saturated heterocycles. The molecule has 0 bridgehead atoms. The fraction of sp³-hybridized carbons (Fsp3) is 0. The SMILES string of the molecule is O=C(O)C=Cc1ccc(Oc2ccc([N+](=O)[O-])cn2)cc1. The van der Waals surface area contributed by atoms with Crippen LogP contribution in [0.4, 0.5) is 5.69 Å². The lowest BCUT2D eigenvalue weighted by Gasteiger charge is -2.04. The molecule has 21 heavy (non-hydrogen) atoms. The quantitative estimate of drug-likeness (QED) is 0.515. The first-order chi connectivity index (χ1) is 10.0. The van der Waals surface area contributed by atoms with Gasteiger partial charge in [-0.25, -0.2) is 9.78 Å². The highest BCUT2D eigenvalue weighted by Gasteiger charge is 2.06. The molecule has 0 atom stereocenters. The summed E-state index contributed by atoms with van der Waals surface area (Å²) in [4.78, 5) is 24.2. The van der Waals surface area contributed by atoms with E-state index in [4.69, 9.17) is 9.84 Å². The molecule has 0 amide bonds. The van der Waals surface area contributed by atoms with Crippen molar-refractivity contribution >= 4 is 17.7 Å². The molecule has 0 radical (unpaired) electrons. The van der Waals surface area contributed by atoms with Crippen molar-refractivity contribution in [1.82, 2.24) is 4.98 Å². The Kier molecular flexibility index (Phi) is 4.25. The normalized spacial score (nSPS) is 10.5. The molecule has 106 valence electrons. The third-order valence-electron chi connectivity index (χ3n) is 2.45. The minimum atomic E-state index is -1.02. The number of benzene rings is 1. The predicted octanol–water partition coefficient (Wildman–Crippen LogP) is 2.88. The predicted molar refractivity (Wildman–Crippen MR) is 74.1 cm³/mol. The Labute approximate surface area is 119 Å². The molecule has 0 saturated carbocycles. The summed E-state index contributed by atoms with van der Waals surface area (Å²) in [5, 5.41) is 19.0. The smallest absolute Gasteiger partial charge is 0.328 e. The van der Waals surface area contributed by atoms with Gasteiger partial charge in [0, 0.05) is 18.2 Å². The fourth-order valence-corrected chi connectivity index (χ4v) is 1.48. The van der Waals surface area contributed by atoms with Gasteiger partial charge in [0.15, 0.2) is 0 Å². The van der Waals surface area contributed by atoms with Crippen LogP contribution in [0, 0.1) is 10.1 Å². The lowest BCUT2D eigenvalue weighted by Crippen LogP contribution is -1.91. The van der Waals surface area contributed by atoms with Gasteiger partial charge < -0.3 is 9.84 Å². The molecule has 7 nitrogen and oxygen atoms in total. The highest BCUT2D eigenvalue weighted by atomic mass is 16.6. The van der Waals surface area contributed by atoms with Crippen molar-refractivity contribution in [2.75, 3.05) is 0 Å². The van der Waals surface area contributed by atoms with Gasteiger partial charge >= 0.3 is 5.97 Å². The van der Waals surface area contributed by atoms with E-state index in [-0.39, 0.29) is 11.6 Å².